The van der Waals surface area contributed by atoms with Crippen molar-refractivity contribution in [2.45, 2.75) is 12.2 Å². The molecule has 1 heterocycles. The Balaban J connectivity index is 3.21. The number of halogens is 4. The van der Waals surface area contributed by atoms with E-state index in [0.29, 0.717) is 0 Å². The highest BCUT2D eigenvalue weighted by Crippen LogP contribution is 2.21. The first-order valence-electron chi connectivity index (χ1n) is 3.90. The molecule has 8 heteroatoms. The third-order valence-electron chi connectivity index (χ3n) is 1.62. The fourth-order valence-electron chi connectivity index (χ4n) is 1.02. The molecule has 0 aliphatic heterocycles. The fraction of sp³-hybridized carbons (Fsp3) is 0.250. The number of H-pyrrole nitrogens is 1. The Morgan fingerprint density at radius 3 is 2.56 bits per heavy atom. The summed E-state index contributed by atoms with van der Waals surface area (Å²) < 4.78 is 39.0. The minimum Gasteiger partial charge on any atom is -0.390 e. The summed E-state index contributed by atoms with van der Waals surface area (Å²) in [6, 6.07) is 0.853. The maximum absolute atomic E-state index is 11.8. The minimum atomic E-state index is -4.92. The second-order valence-electron chi connectivity index (χ2n) is 2.70. The van der Waals surface area contributed by atoms with E-state index in [1.54, 1.807) is 4.98 Å². The van der Waals surface area contributed by atoms with Crippen LogP contribution >= 0.6 is 11.6 Å². The summed E-state index contributed by atoms with van der Waals surface area (Å²) in [6.07, 6.45) is -4.71. The molecule has 0 saturated heterocycles. The van der Waals surface area contributed by atoms with Crippen molar-refractivity contribution in [3.8, 4) is 5.88 Å². The van der Waals surface area contributed by atoms with E-state index in [9.17, 15) is 22.8 Å². The number of carbonyl (C=O) groups is 1. The average molecular weight is 256 g/mol. The maximum atomic E-state index is 11.8. The van der Waals surface area contributed by atoms with Gasteiger partial charge in [-0.2, -0.15) is 0 Å². The van der Waals surface area contributed by atoms with Crippen molar-refractivity contribution in [2.75, 3.05) is 0 Å². The van der Waals surface area contributed by atoms with Crippen LogP contribution < -0.4 is 10.3 Å². The van der Waals surface area contributed by atoms with Crippen LogP contribution in [-0.2, 0) is 5.88 Å². The van der Waals surface area contributed by atoms with E-state index in [1.807, 2.05) is 0 Å². The third-order valence-corrected chi connectivity index (χ3v) is 1.91. The summed E-state index contributed by atoms with van der Waals surface area (Å²) in [4.78, 5) is 23.4. The number of alkyl halides is 4. The van der Waals surface area contributed by atoms with Gasteiger partial charge >= 0.3 is 6.36 Å². The van der Waals surface area contributed by atoms with E-state index < -0.39 is 17.8 Å². The van der Waals surface area contributed by atoms with E-state index >= 15 is 0 Å². The lowest BCUT2D eigenvalue weighted by atomic mass is 10.2. The van der Waals surface area contributed by atoms with Gasteiger partial charge in [-0.25, -0.2) is 0 Å². The van der Waals surface area contributed by atoms with E-state index in [2.05, 4.69) is 4.74 Å². The van der Waals surface area contributed by atoms with Crippen LogP contribution in [0.4, 0.5) is 13.2 Å². The van der Waals surface area contributed by atoms with Gasteiger partial charge in [-0.1, -0.05) is 0 Å². The third kappa shape index (κ3) is 2.99. The van der Waals surface area contributed by atoms with Gasteiger partial charge in [-0.05, 0) is 5.56 Å². The molecule has 88 valence electrons. The quantitative estimate of drug-likeness (QED) is 0.662. The SMILES string of the molecule is O=Cc1c(CCl)cc(OC(F)(F)F)[nH]c1=O. The molecule has 0 radical (unpaired) electrons. The molecule has 0 aromatic carbocycles. The van der Waals surface area contributed by atoms with Gasteiger partial charge in [0, 0.05) is 11.9 Å². The molecule has 1 rings (SSSR count). The van der Waals surface area contributed by atoms with Gasteiger partial charge < -0.3 is 4.74 Å². The fourth-order valence-corrected chi connectivity index (χ4v) is 1.24. The summed E-state index contributed by atoms with van der Waals surface area (Å²) in [7, 11) is 0. The number of aromatic amines is 1. The Hall–Kier alpha value is -1.50. The van der Waals surface area contributed by atoms with Crippen molar-refractivity contribution in [1.82, 2.24) is 4.98 Å². The maximum Gasteiger partial charge on any atom is 0.574 e. The van der Waals surface area contributed by atoms with Crippen molar-refractivity contribution < 1.29 is 22.7 Å². The van der Waals surface area contributed by atoms with E-state index in [4.69, 9.17) is 11.6 Å². The monoisotopic (exact) mass is 255 g/mol. The zero-order valence-corrected chi connectivity index (χ0v) is 8.35. The summed E-state index contributed by atoms with van der Waals surface area (Å²) in [5.74, 6) is -1.08. The number of nitrogens with one attached hydrogen (secondary N) is 1. The molecule has 4 nitrogen and oxygen atoms in total. The molecular formula is C8H5ClF3NO3. The molecule has 0 aliphatic rings. The second-order valence-corrected chi connectivity index (χ2v) is 2.97. The Bertz CT molecular complexity index is 455. The molecule has 0 unspecified atom stereocenters. The van der Waals surface area contributed by atoms with Crippen molar-refractivity contribution in [2.24, 2.45) is 0 Å². The van der Waals surface area contributed by atoms with Crippen LogP contribution in [0.5, 0.6) is 5.88 Å². The molecule has 1 aromatic heterocycles. The van der Waals surface area contributed by atoms with E-state index in [-0.39, 0.29) is 23.3 Å². The molecular weight excluding hydrogens is 251 g/mol. The van der Waals surface area contributed by atoms with Crippen LogP contribution in [0.2, 0.25) is 0 Å². The predicted octanol–water partition coefficient (Wildman–Crippen LogP) is 1.82. The van der Waals surface area contributed by atoms with Crippen LogP contribution in [0, 0.1) is 0 Å². The van der Waals surface area contributed by atoms with Gasteiger partial charge in [-0.15, -0.1) is 24.8 Å². The number of pyridine rings is 1. The van der Waals surface area contributed by atoms with Crippen LogP contribution in [0.25, 0.3) is 0 Å². The minimum absolute atomic E-state index is 0.0281. The van der Waals surface area contributed by atoms with Gasteiger partial charge in [-0.3, -0.25) is 14.6 Å². The number of hydrogen-bond acceptors (Lipinski definition) is 3. The molecule has 0 bridgehead atoms. The lowest BCUT2D eigenvalue weighted by molar-refractivity contribution is -0.276. The Morgan fingerprint density at radius 2 is 2.12 bits per heavy atom. The average Bonchev–Trinajstić information content (AvgIpc) is 2.14. The van der Waals surface area contributed by atoms with E-state index in [1.165, 1.54) is 0 Å². The van der Waals surface area contributed by atoms with Gasteiger partial charge in [0.2, 0.25) is 5.88 Å². The topological polar surface area (TPSA) is 59.2 Å². The highest BCUT2D eigenvalue weighted by Gasteiger charge is 2.32. The zero-order chi connectivity index (χ0) is 12.3. The first kappa shape index (κ1) is 12.6. The van der Waals surface area contributed by atoms with Crippen LogP contribution in [-0.4, -0.2) is 17.6 Å². The Kier molecular flexibility index (Phi) is 3.58. The van der Waals surface area contributed by atoms with Gasteiger partial charge in [0.25, 0.3) is 5.56 Å². The van der Waals surface area contributed by atoms with Gasteiger partial charge in [0.15, 0.2) is 6.29 Å². The number of ether oxygens (including phenoxy) is 1. The normalized spacial score (nSPS) is 11.2. The first-order chi connectivity index (χ1) is 7.37. The largest absolute Gasteiger partial charge is 0.574 e. The Morgan fingerprint density at radius 1 is 1.50 bits per heavy atom. The number of aromatic nitrogens is 1. The van der Waals surface area contributed by atoms with E-state index in [0.717, 1.165) is 6.07 Å². The van der Waals surface area contributed by atoms with Gasteiger partial charge in [0.1, 0.15) is 0 Å². The Labute approximate surface area is 92.0 Å². The first-order valence-corrected chi connectivity index (χ1v) is 4.44. The van der Waals surface area contributed by atoms with Crippen molar-refractivity contribution >= 4 is 17.9 Å². The number of aldehydes is 1. The standard InChI is InChI=1S/C8H5ClF3NO3/c9-2-4-1-6(16-8(10,11)12)13-7(15)5(4)3-14/h1,3H,2H2,(H,13,15). The number of carbonyl (C=O) groups excluding carboxylic acids is 1. The smallest absolute Gasteiger partial charge is 0.390 e. The molecule has 0 fully saturated rings. The molecule has 0 saturated carbocycles. The summed E-state index contributed by atoms with van der Waals surface area (Å²) in [5.41, 5.74) is -1.32. The molecule has 0 atom stereocenters. The predicted molar refractivity (Wildman–Crippen MR) is 48.7 cm³/mol. The zero-order valence-electron chi connectivity index (χ0n) is 7.60. The molecule has 0 amide bonds. The molecule has 1 N–H and O–H groups in total. The van der Waals surface area contributed by atoms with Crippen LogP contribution in [0.3, 0.4) is 0 Å². The van der Waals surface area contributed by atoms with Crippen molar-refractivity contribution in [1.29, 1.82) is 0 Å². The highest BCUT2D eigenvalue weighted by molar-refractivity contribution is 6.17. The highest BCUT2D eigenvalue weighted by atomic mass is 35.5. The molecule has 0 aliphatic carbocycles. The van der Waals surface area contributed by atoms with Crippen LogP contribution in [0.15, 0.2) is 10.9 Å². The lowest BCUT2D eigenvalue weighted by Crippen LogP contribution is -2.22. The lowest BCUT2D eigenvalue weighted by Gasteiger charge is -2.09. The summed E-state index contributed by atoms with van der Waals surface area (Å²) >= 11 is 5.38. The number of hydrogen-bond donors (Lipinski definition) is 1. The molecule has 0 spiro atoms. The number of rotatable bonds is 3. The summed E-state index contributed by atoms with van der Waals surface area (Å²) in [5, 5.41) is 0. The summed E-state index contributed by atoms with van der Waals surface area (Å²) in [6.45, 7) is 0. The van der Waals surface area contributed by atoms with Crippen molar-refractivity contribution in [3.63, 3.8) is 0 Å². The molecule has 1 aromatic rings. The second kappa shape index (κ2) is 4.56. The van der Waals surface area contributed by atoms with Crippen molar-refractivity contribution in [3.05, 3.63) is 27.5 Å². The van der Waals surface area contributed by atoms with Gasteiger partial charge in [0.05, 0.1) is 5.56 Å². The van der Waals surface area contributed by atoms with Crippen LogP contribution in [0.1, 0.15) is 15.9 Å². The molecule has 16 heavy (non-hydrogen) atoms.